The van der Waals surface area contributed by atoms with Crippen LogP contribution in [0.3, 0.4) is 0 Å². The third-order valence-corrected chi connectivity index (χ3v) is 3.38. The first-order valence-electron chi connectivity index (χ1n) is 6.20. The number of nitrogen functional groups attached to an aromatic ring is 1. The zero-order chi connectivity index (χ0) is 15.6. The molecule has 0 saturated heterocycles. The average Bonchev–Trinajstić information content (AvgIpc) is 2.41. The van der Waals surface area contributed by atoms with Crippen molar-refractivity contribution in [2.45, 2.75) is 13.0 Å². The van der Waals surface area contributed by atoms with Gasteiger partial charge in [0, 0.05) is 11.1 Å². The summed E-state index contributed by atoms with van der Waals surface area (Å²) in [7, 11) is 0. The lowest BCUT2D eigenvalue weighted by atomic mass is 10.1. The molecular formula is C15H13ClF2N2O. The summed E-state index contributed by atoms with van der Waals surface area (Å²) in [5.41, 5.74) is 5.95. The van der Waals surface area contributed by atoms with Gasteiger partial charge in [-0.2, -0.15) is 0 Å². The molecule has 1 atom stereocenters. The number of anilines is 1. The summed E-state index contributed by atoms with van der Waals surface area (Å²) in [6.45, 7) is 1.50. The lowest BCUT2D eigenvalue weighted by Crippen LogP contribution is -2.28. The maximum Gasteiger partial charge on any atom is 0.251 e. The van der Waals surface area contributed by atoms with Gasteiger partial charge in [-0.05, 0) is 37.3 Å². The van der Waals surface area contributed by atoms with Crippen LogP contribution in [-0.2, 0) is 0 Å². The zero-order valence-corrected chi connectivity index (χ0v) is 11.9. The minimum Gasteiger partial charge on any atom is -0.398 e. The second-order valence-corrected chi connectivity index (χ2v) is 4.97. The van der Waals surface area contributed by atoms with E-state index in [-0.39, 0.29) is 16.8 Å². The highest BCUT2D eigenvalue weighted by Crippen LogP contribution is 2.22. The summed E-state index contributed by atoms with van der Waals surface area (Å²) in [5.74, 6) is -1.91. The molecule has 3 N–H and O–H groups in total. The average molecular weight is 311 g/mol. The number of nitrogens with one attached hydrogen (secondary N) is 1. The Kier molecular flexibility index (Phi) is 4.43. The maximum absolute atomic E-state index is 13.6. The van der Waals surface area contributed by atoms with Crippen LogP contribution in [-0.4, -0.2) is 5.91 Å². The van der Waals surface area contributed by atoms with E-state index in [1.807, 2.05) is 0 Å². The van der Waals surface area contributed by atoms with Crippen molar-refractivity contribution in [3.05, 3.63) is 64.2 Å². The fourth-order valence-corrected chi connectivity index (χ4v) is 2.08. The molecule has 2 rings (SSSR count). The van der Waals surface area contributed by atoms with E-state index in [1.54, 1.807) is 0 Å². The monoisotopic (exact) mass is 310 g/mol. The summed E-state index contributed by atoms with van der Waals surface area (Å²) >= 11 is 5.77. The van der Waals surface area contributed by atoms with Crippen molar-refractivity contribution in [3.8, 4) is 0 Å². The third kappa shape index (κ3) is 3.31. The lowest BCUT2D eigenvalue weighted by Gasteiger charge is -2.16. The number of benzene rings is 2. The van der Waals surface area contributed by atoms with Crippen LogP contribution in [0.4, 0.5) is 14.5 Å². The zero-order valence-electron chi connectivity index (χ0n) is 11.2. The summed E-state index contributed by atoms with van der Waals surface area (Å²) in [4.78, 5) is 12.1. The molecule has 0 aliphatic rings. The molecular weight excluding hydrogens is 298 g/mol. The number of hydrogen-bond acceptors (Lipinski definition) is 2. The van der Waals surface area contributed by atoms with Gasteiger partial charge in [-0.25, -0.2) is 8.78 Å². The van der Waals surface area contributed by atoms with E-state index >= 15 is 0 Å². The first-order chi connectivity index (χ1) is 9.90. The van der Waals surface area contributed by atoms with E-state index in [0.29, 0.717) is 5.02 Å². The molecule has 0 aliphatic carbocycles. The highest BCUT2D eigenvalue weighted by atomic mass is 35.5. The molecule has 1 amide bonds. The number of carbonyl (C=O) groups is 1. The van der Waals surface area contributed by atoms with Crippen molar-refractivity contribution < 1.29 is 13.6 Å². The second kappa shape index (κ2) is 6.10. The van der Waals surface area contributed by atoms with Crippen LogP contribution < -0.4 is 11.1 Å². The fraction of sp³-hybridized carbons (Fsp3) is 0.133. The van der Waals surface area contributed by atoms with E-state index in [1.165, 1.54) is 31.2 Å². The lowest BCUT2D eigenvalue weighted by molar-refractivity contribution is 0.0939. The van der Waals surface area contributed by atoms with Crippen LogP contribution in [0.15, 0.2) is 36.4 Å². The van der Waals surface area contributed by atoms with Crippen molar-refractivity contribution in [3.63, 3.8) is 0 Å². The van der Waals surface area contributed by atoms with Gasteiger partial charge in [0.05, 0.1) is 16.8 Å². The number of hydrogen-bond donors (Lipinski definition) is 2. The van der Waals surface area contributed by atoms with E-state index in [2.05, 4.69) is 5.32 Å². The van der Waals surface area contributed by atoms with E-state index in [4.69, 9.17) is 17.3 Å². The summed E-state index contributed by atoms with van der Waals surface area (Å²) < 4.78 is 27.3. The van der Waals surface area contributed by atoms with Gasteiger partial charge in [0.25, 0.3) is 5.91 Å². The number of carbonyl (C=O) groups excluding carboxylic acids is 1. The van der Waals surface area contributed by atoms with Gasteiger partial charge in [-0.1, -0.05) is 17.7 Å². The Morgan fingerprint density at radius 1 is 1.24 bits per heavy atom. The molecule has 0 spiro atoms. The second-order valence-electron chi connectivity index (χ2n) is 4.57. The topological polar surface area (TPSA) is 55.1 Å². The van der Waals surface area contributed by atoms with Gasteiger partial charge < -0.3 is 11.1 Å². The van der Waals surface area contributed by atoms with Crippen LogP contribution >= 0.6 is 11.6 Å². The SMILES string of the molecule is CC(NC(=O)c1ccc(Cl)c(N)c1)c1c(F)cccc1F. The predicted molar refractivity (Wildman–Crippen MR) is 78.1 cm³/mol. The van der Waals surface area contributed by atoms with E-state index in [0.717, 1.165) is 12.1 Å². The molecule has 0 bridgehead atoms. The van der Waals surface area contributed by atoms with Gasteiger partial charge in [0.15, 0.2) is 0 Å². The number of nitrogens with two attached hydrogens (primary N) is 1. The van der Waals surface area contributed by atoms with E-state index < -0.39 is 23.6 Å². The Balaban J connectivity index is 2.21. The van der Waals surface area contributed by atoms with Crippen LogP contribution in [0.1, 0.15) is 28.9 Å². The van der Waals surface area contributed by atoms with Crippen LogP contribution in [0.25, 0.3) is 0 Å². The normalized spacial score (nSPS) is 12.0. The highest BCUT2D eigenvalue weighted by Gasteiger charge is 2.18. The molecule has 2 aromatic carbocycles. The maximum atomic E-state index is 13.6. The minimum atomic E-state index is -0.824. The first kappa shape index (κ1) is 15.3. The highest BCUT2D eigenvalue weighted by molar-refractivity contribution is 6.33. The molecule has 110 valence electrons. The van der Waals surface area contributed by atoms with Gasteiger partial charge in [-0.3, -0.25) is 4.79 Å². The van der Waals surface area contributed by atoms with E-state index in [9.17, 15) is 13.6 Å². The van der Waals surface area contributed by atoms with Crippen molar-refractivity contribution in [2.24, 2.45) is 0 Å². The predicted octanol–water partition coefficient (Wildman–Crippen LogP) is 3.69. The Bertz CT molecular complexity index is 671. The third-order valence-electron chi connectivity index (χ3n) is 3.04. The molecule has 0 heterocycles. The van der Waals surface area contributed by atoms with Crippen LogP contribution in [0, 0.1) is 11.6 Å². The molecule has 21 heavy (non-hydrogen) atoms. The van der Waals surface area contributed by atoms with Gasteiger partial charge >= 0.3 is 0 Å². The smallest absolute Gasteiger partial charge is 0.251 e. The molecule has 0 radical (unpaired) electrons. The van der Waals surface area contributed by atoms with Gasteiger partial charge in [0.2, 0.25) is 0 Å². The fourth-order valence-electron chi connectivity index (χ4n) is 1.96. The summed E-state index contributed by atoms with van der Waals surface area (Å²) in [5, 5.41) is 2.86. The Morgan fingerprint density at radius 2 is 1.86 bits per heavy atom. The molecule has 0 aromatic heterocycles. The van der Waals surface area contributed by atoms with Gasteiger partial charge in [-0.15, -0.1) is 0 Å². The molecule has 0 aliphatic heterocycles. The van der Waals surface area contributed by atoms with Crippen LogP contribution in [0.2, 0.25) is 5.02 Å². The quantitative estimate of drug-likeness (QED) is 0.849. The summed E-state index contributed by atoms with van der Waals surface area (Å²) in [6, 6.07) is 7.10. The Morgan fingerprint density at radius 3 is 2.43 bits per heavy atom. The first-order valence-corrected chi connectivity index (χ1v) is 6.57. The standard InChI is InChI=1S/C15H13ClF2N2O/c1-8(14-11(17)3-2-4-12(14)18)20-15(21)9-5-6-10(16)13(19)7-9/h2-8H,19H2,1H3,(H,20,21). The summed E-state index contributed by atoms with van der Waals surface area (Å²) in [6.07, 6.45) is 0. The molecule has 0 saturated carbocycles. The number of amides is 1. The van der Waals surface area contributed by atoms with Crippen molar-refractivity contribution >= 4 is 23.2 Å². The molecule has 0 fully saturated rings. The molecule has 6 heteroatoms. The van der Waals surface area contributed by atoms with Gasteiger partial charge in [0.1, 0.15) is 11.6 Å². The Hall–Kier alpha value is -2.14. The number of halogens is 3. The molecule has 2 aromatic rings. The van der Waals surface area contributed by atoms with Crippen molar-refractivity contribution in [1.82, 2.24) is 5.32 Å². The minimum absolute atomic E-state index is 0.187. The molecule has 1 unspecified atom stereocenters. The van der Waals surface area contributed by atoms with Crippen LogP contribution in [0.5, 0.6) is 0 Å². The van der Waals surface area contributed by atoms with Crippen molar-refractivity contribution in [2.75, 3.05) is 5.73 Å². The largest absolute Gasteiger partial charge is 0.398 e. The van der Waals surface area contributed by atoms with Crippen molar-refractivity contribution in [1.29, 1.82) is 0 Å². The Labute approximate surface area is 125 Å². The molecule has 3 nitrogen and oxygen atoms in total. The number of rotatable bonds is 3.